The molecule has 2 aliphatic rings. The Hall–Kier alpha value is -1.67. The van der Waals surface area contributed by atoms with Gasteiger partial charge >= 0.3 is 0 Å². The Morgan fingerprint density at radius 2 is 1.63 bits per heavy atom. The summed E-state index contributed by atoms with van der Waals surface area (Å²) < 4.78 is 27.7. The summed E-state index contributed by atoms with van der Waals surface area (Å²) in [5.74, 6) is -0.396. The molecule has 2 aromatic rings. The topological polar surface area (TPSA) is 0 Å². The average Bonchev–Trinajstić information content (AvgIpc) is 2.69. The third-order valence-electron chi connectivity index (χ3n) is 6.40. The Labute approximate surface area is 165 Å². The first-order valence-electron chi connectivity index (χ1n) is 9.94. The summed E-state index contributed by atoms with van der Waals surface area (Å²) in [6.07, 6.45) is 10.7. The largest absolute Gasteiger partial charge is 0.205 e. The van der Waals surface area contributed by atoms with Crippen LogP contribution in [0.25, 0.3) is 0 Å². The summed E-state index contributed by atoms with van der Waals surface area (Å²) in [5.41, 5.74) is 6.64. The first-order valence-corrected chi connectivity index (χ1v) is 10.3. The van der Waals surface area contributed by atoms with Gasteiger partial charge in [-0.2, -0.15) is 0 Å². The molecule has 2 unspecified atom stereocenters. The van der Waals surface area contributed by atoms with Gasteiger partial charge in [0.1, 0.15) is 16.7 Å². The first kappa shape index (κ1) is 18.7. The quantitative estimate of drug-likeness (QED) is 0.393. The van der Waals surface area contributed by atoms with Crippen molar-refractivity contribution in [1.29, 1.82) is 0 Å². The van der Waals surface area contributed by atoms with Crippen molar-refractivity contribution in [3.8, 4) is 0 Å². The Kier molecular flexibility index (Phi) is 5.36. The average molecular weight is 387 g/mol. The maximum absolute atomic E-state index is 13.9. The predicted molar refractivity (Wildman–Crippen MR) is 108 cm³/mol. The summed E-state index contributed by atoms with van der Waals surface area (Å²) in [4.78, 5) is 0. The van der Waals surface area contributed by atoms with E-state index in [-0.39, 0.29) is 5.92 Å². The number of hydrogen-bond donors (Lipinski definition) is 0. The van der Waals surface area contributed by atoms with Crippen LogP contribution >= 0.6 is 11.6 Å². The van der Waals surface area contributed by atoms with E-state index in [1.165, 1.54) is 48.1 Å². The van der Waals surface area contributed by atoms with Gasteiger partial charge in [0.15, 0.2) is 0 Å². The van der Waals surface area contributed by atoms with Gasteiger partial charge in [-0.25, -0.2) is 8.78 Å². The van der Waals surface area contributed by atoms with Gasteiger partial charge in [0.05, 0.1) is 0 Å². The zero-order valence-corrected chi connectivity index (χ0v) is 16.3. The van der Waals surface area contributed by atoms with E-state index in [0.717, 1.165) is 43.6 Å². The van der Waals surface area contributed by atoms with Gasteiger partial charge in [0.2, 0.25) is 0 Å². The number of fused-ring (bicyclic) bond motifs is 3. The number of benzene rings is 2. The molecular weight excluding hydrogens is 362 g/mol. The Morgan fingerprint density at radius 3 is 2.30 bits per heavy atom. The molecule has 3 heteroatoms. The van der Waals surface area contributed by atoms with Crippen molar-refractivity contribution in [2.24, 2.45) is 5.92 Å². The zero-order valence-electron chi connectivity index (χ0n) is 15.5. The first-order chi connectivity index (χ1) is 13.1. The highest BCUT2D eigenvalue weighted by Crippen LogP contribution is 2.39. The van der Waals surface area contributed by atoms with Crippen molar-refractivity contribution in [1.82, 2.24) is 0 Å². The molecule has 0 spiro atoms. The number of halogens is 3. The van der Waals surface area contributed by atoms with Crippen molar-refractivity contribution in [3.05, 3.63) is 81.4 Å². The van der Waals surface area contributed by atoms with Crippen LogP contribution < -0.4 is 0 Å². The minimum atomic E-state index is -0.659. The van der Waals surface area contributed by atoms with Gasteiger partial charge in [0, 0.05) is 0 Å². The van der Waals surface area contributed by atoms with Crippen molar-refractivity contribution in [3.63, 3.8) is 0 Å². The van der Waals surface area contributed by atoms with Crippen molar-refractivity contribution >= 4 is 11.6 Å². The fourth-order valence-electron chi connectivity index (χ4n) is 4.94. The number of allylic oxidation sites excluding steroid dienone is 1. The maximum atomic E-state index is 13.9. The molecule has 4 rings (SSSR count). The van der Waals surface area contributed by atoms with Crippen LogP contribution in [0.15, 0.2) is 36.9 Å². The van der Waals surface area contributed by atoms with Crippen molar-refractivity contribution in [2.45, 2.75) is 57.3 Å². The second kappa shape index (κ2) is 7.75. The van der Waals surface area contributed by atoms with Crippen LogP contribution in [0.2, 0.25) is 5.02 Å². The monoisotopic (exact) mass is 386 g/mol. The summed E-state index contributed by atoms with van der Waals surface area (Å²) >= 11 is 5.64. The van der Waals surface area contributed by atoms with E-state index >= 15 is 0 Å². The Balaban J connectivity index is 1.56. The van der Waals surface area contributed by atoms with E-state index in [1.807, 2.05) is 6.08 Å². The summed E-state index contributed by atoms with van der Waals surface area (Å²) in [7, 11) is 0. The lowest BCUT2D eigenvalue weighted by Gasteiger charge is -2.32. The van der Waals surface area contributed by atoms with Gasteiger partial charge in [-0.3, -0.25) is 0 Å². The molecule has 0 heterocycles. The van der Waals surface area contributed by atoms with Crippen LogP contribution in [0.3, 0.4) is 0 Å². The summed E-state index contributed by atoms with van der Waals surface area (Å²) in [6.45, 7) is 3.84. The standard InChI is InChI=1S/C24H25ClF2/c1-2-3-4-15-5-9-20-17(11-15)6-7-18-12-16(8-10-21(18)20)19-13-22(26)24(25)23(27)14-19/h2,6-7,13-16H,1,3-5,8-12H2. The van der Waals surface area contributed by atoms with Crippen LogP contribution in [-0.2, 0) is 25.7 Å². The van der Waals surface area contributed by atoms with E-state index < -0.39 is 16.7 Å². The summed E-state index contributed by atoms with van der Waals surface area (Å²) in [5, 5.41) is -0.407. The Bertz CT molecular complexity index is 848. The second-order valence-corrected chi connectivity index (χ2v) is 8.43. The highest BCUT2D eigenvalue weighted by molar-refractivity contribution is 6.30. The number of rotatable bonds is 4. The van der Waals surface area contributed by atoms with Gasteiger partial charge < -0.3 is 0 Å². The molecular formula is C24H25ClF2. The van der Waals surface area contributed by atoms with Gasteiger partial charge in [-0.05, 0) is 103 Å². The van der Waals surface area contributed by atoms with E-state index in [4.69, 9.17) is 11.6 Å². The fourth-order valence-corrected chi connectivity index (χ4v) is 5.05. The molecule has 0 aliphatic heterocycles. The van der Waals surface area contributed by atoms with Gasteiger partial charge in [-0.1, -0.05) is 29.8 Å². The van der Waals surface area contributed by atoms with Crippen LogP contribution in [-0.4, -0.2) is 0 Å². The highest BCUT2D eigenvalue weighted by Gasteiger charge is 2.27. The predicted octanol–water partition coefficient (Wildman–Crippen LogP) is 6.96. The fraction of sp³-hybridized carbons (Fsp3) is 0.417. The van der Waals surface area contributed by atoms with Crippen LogP contribution in [0, 0.1) is 17.6 Å². The lowest BCUT2D eigenvalue weighted by molar-refractivity contribution is 0.427. The lowest BCUT2D eigenvalue weighted by atomic mass is 9.73. The molecule has 2 aromatic carbocycles. The number of hydrogen-bond acceptors (Lipinski definition) is 0. The summed E-state index contributed by atoms with van der Waals surface area (Å²) in [6, 6.07) is 7.35. The van der Waals surface area contributed by atoms with E-state index in [0.29, 0.717) is 0 Å². The minimum absolute atomic E-state index is 0.153. The maximum Gasteiger partial charge on any atom is 0.145 e. The molecule has 0 nitrogen and oxygen atoms in total. The Morgan fingerprint density at radius 1 is 1.00 bits per heavy atom. The highest BCUT2D eigenvalue weighted by atomic mass is 35.5. The van der Waals surface area contributed by atoms with Crippen LogP contribution in [0.4, 0.5) is 8.78 Å². The molecule has 0 bridgehead atoms. The van der Waals surface area contributed by atoms with E-state index in [9.17, 15) is 8.78 Å². The molecule has 0 saturated heterocycles. The molecule has 0 amide bonds. The SMILES string of the molecule is C=CCCC1CCc2c(ccc3c2CCC(c2cc(F)c(Cl)c(F)c2)C3)C1. The molecule has 0 saturated carbocycles. The molecule has 2 atom stereocenters. The molecule has 0 radical (unpaired) electrons. The molecule has 0 fully saturated rings. The van der Waals surface area contributed by atoms with E-state index in [1.54, 1.807) is 5.56 Å². The van der Waals surface area contributed by atoms with Gasteiger partial charge in [0.25, 0.3) is 0 Å². The van der Waals surface area contributed by atoms with Crippen LogP contribution in [0.5, 0.6) is 0 Å². The molecule has 142 valence electrons. The molecule has 0 N–H and O–H groups in total. The van der Waals surface area contributed by atoms with Gasteiger partial charge in [-0.15, -0.1) is 6.58 Å². The van der Waals surface area contributed by atoms with Crippen molar-refractivity contribution in [2.75, 3.05) is 0 Å². The lowest BCUT2D eigenvalue weighted by Crippen LogP contribution is -2.20. The van der Waals surface area contributed by atoms with E-state index in [2.05, 4.69) is 18.7 Å². The zero-order chi connectivity index (χ0) is 19.0. The van der Waals surface area contributed by atoms with Crippen LogP contribution in [0.1, 0.15) is 59.4 Å². The minimum Gasteiger partial charge on any atom is -0.205 e. The normalized spacial score (nSPS) is 21.4. The molecule has 27 heavy (non-hydrogen) atoms. The van der Waals surface area contributed by atoms with Crippen molar-refractivity contribution < 1.29 is 8.78 Å². The molecule has 2 aliphatic carbocycles. The third-order valence-corrected chi connectivity index (χ3v) is 6.76. The molecule has 0 aromatic heterocycles. The smallest absolute Gasteiger partial charge is 0.145 e. The second-order valence-electron chi connectivity index (χ2n) is 8.05. The third kappa shape index (κ3) is 3.69.